The Kier molecular flexibility index (Phi) is 9.95. The predicted molar refractivity (Wildman–Crippen MR) is 260 cm³/mol. The number of phenols is 2. The molecular weight excluding hydrogens is 777 g/mol. The lowest BCUT2D eigenvalue weighted by atomic mass is 9.98. The van der Waals surface area contributed by atoms with Gasteiger partial charge in [-0.25, -0.2) is 0 Å². The van der Waals surface area contributed by atoms with Crippen LogP contribution < -0.4 is 9.47 Å². The quantitative estimate of drug-likeness (QED) is 0.144. The van der Waals surface area contributed by atoms with E-state index in [4.69, 9.17) is 9.47 Å². The van der Waals surface area contributed by atoms with Crippen LogP contribution in [0.3, 0.4) is 0 Å². The molecule has 6 nitrogen and oxygen atoms in total. The van der Waals surface area contributed by atoms with Gasteiger partial charge >= 0.3 is 0 Å². The van der Waals surface area contributed by atoms with Gasteiger partial charge in [0.25, 0.3) is 0 Å². The Balaban J connectivity index is 0.956. The van der Waals surface area contributed by atoms with Crippen molar-refractivity contribution < 1.29 is 19.7 Å². The first-order chi connectivity index (χ1) is 30.5. The molecule has 312 valence electrons. The zero-order chi connectivity index (χ0) is 43.5. The lowest BCUT2D eigenvalue weighted by Crippen LogP contribution is -2.23. The summed E-state index contributed by atoms with van der Waals surface area (Å²) in [6.45, 7) is 12.4. The summed E-state index contributed by atoms with van der Waals surface area (Å²) in [5.41, 5.74) is 12.8. The van der Waals surface area contributed by atoms with Gasteiger partial charge in [-0.05, 0) is 125 Å². The minimum atomic E-state index is -0.242. The fourth-order valence-corrected chi connectivity index (χ4v) is 9.55. The van der Waals surface area contributed by atoms with Gasteiger partial charge in [-0.3, -0.25) is 0 Å². The van der Waals surface area contributed by atoms with Crippen LogP contribution in [0.25, 0.3) is 77.2 Å². The van der Waals surface area contributed by atoms with E-state index < -0.39 is 0 Å². The third-order valence-corrected chi connectivity index (χ3v) is 12.3. The zero-order valence-electron chi connectivity index (χ0n) is 36.5. The number of hydrogen-bond donors (Lipinski definition) is 2. The normalized spacial score (nSPS) is 12.7. The smallest absolute Gasteiger partial charge is 0.147 e. The van der Waals surface area contributed by atoms with E-state index in [-0.39, 0.29) is 23.7 Å². The maximum Gasteiger partial charge on any atom is 0.147 e. The van der Waals surface area contributed by atoms with Crippen molar-refractivity contribution in [2.24, 2.45) is 0 Å². The van der Waals surface area contributed by atoms with Crippen LogP contribution in [0.1, 0.15) is 42.5 Å². The van der Waals surface area contributed by atoms with E-state index in [1.54, 1.807) is 0 Å². The number of ether oxygens (including phenoxy) is 2. The van der Waals surface area contributed by atoms with Crippen LogP contribution >= 0.6 is 0 Å². The molecule has 0 bridgehead atoms. The molecule has 2 atom stereocenters. The first-order valence-electron chi connectivity index (χ1n) is 21.7. The lowest BCUT2D eigenvalue weighted by Gasteiger charge is -2.24. The van der Waals surface area contributed by atoms with Gasteiger partial charge in [0.05, 0.1) is 45.6 Å². The van der Waals surface area contributed by atoms with Crippen molar-refractivity contribution in [2.45, 2.75) is 60.2 Å². The second kappa shape index (κ2) is 15.8. The number of aromatic nitrogens is 2. The van der Waals surface area contributed by atoms with Crippen molar-refractivity contribution >= 4 is 43.6 Å². The van der Waals surface area contributed by atoms with Crippen LogP contribution in [0.15, 0.2) is 158 Å². The third kappa shape index (κ3) is 7.02. The molecule has 6 heteroatoms. The second-order valence-corrected chi connectivity index (χ2v) is 17.2. The number of fused-ring (bicyclic) bond motifs is 6. The highest BCUT2D eigenvalue weighted by molar-refractivity contribution is 6.10. The Morgan fingerprint density at radius 3 is 1.06 bits per heavy atom. The van der Waals surface area contributed by atoms with Crippen molar-refractivity contribution in [3.8, 4) is 56.6 Å². The number of hydrogen-bond acceptors (Lipinski definition) is 4. The van der Waals surface area contributed by atoms with Gasteiger partial charge < -0.3 is 28.8 Å². The molecule has 0 aliphatic carbocycles. The SMILES string of the molecule is Cc1ccc(O[C@H](C)C[C@H](C)Oc2ccc(C)cc2-c2cc(C)cc(-n3c4ccccc4c4ccccc43)c2O)c(-c2cc(C)cc(-n3c4ccccc4c4ccccc43)c2O)c1. The van der Waals surface area contributed by atoms with Gasteiger partial charge in [0, 0.05) is 50.2 Å². The number of nitrogens with zero attached hydrogens (tertiary/aromatic N) is 2. The minimum absolute atomic E-state index is 0.194. The third-order valence-electron chi connectivity index (χ3n) is 12.3. The van der Waals surface area contributed by atoms with Gasteiger partial charge in [0.1, 0.15) is 23.0 Å². The van der Waals surface area contributed by atoms with Crippen LogP contribution in [-0.2, 0) is 0 Å². The summed E-state index contributed by atoms with van der Waals surface area (Å²) in [5.74, 6) is 1.76. The highest BCUT2D eigenvalue weighted by Gasteiger charge is 2.24. The monoisotopic (exact) mass is 826 g/mol. The molecule has 10 rings (SSSR count). The standard InChI is InChI=1S/C57H50N2O4/c1-34-23-25-54(44(27-34)46-29-36(3)31-52(56(46)60)58-48-19-11-7-15-40(48)41-16-8-12-20-49(41)58)62-38(5)33-39(6)63-55-26-24-35(2)28-45(55)47-30-37(4)32-53(57(47)61)59-50-21-13-9-17-42(50)43-18-10-14-22-51(43)59/h7-32,38-39,60-61H,33H2,1-6H3/t38-,39+. The molecule has 2 heterocycles. The van der Waals surface area contributed by atoms with Gasteiger partial charge in [-0.15, -0.1) is 0 Å². The molecule has 0 amide bonds. The molecule has 63 heavy (non-hydrogen) atoms. The van der Waals surface area contributed by atoms with Crippen LogP contribution in [0.4, 0.5) is 0 Å². The van der Waals surface area contributed by atoms with Crippen molar-refractivity contribution in [3.63, 3.8) is 0 Å². The Morgan fingerprint density at radius 1 is 0.397 bits per heavy atom. The molecule has 2 N–H and O–H groups in total. The number of benzene rings is 8. The van der Waals surface area contributed by atoms with Crippen molar-refractivity contribution in [3.05, 3.63) is 180 Å². The Labute approximate surface area is 367 Å². The number of aryl methyl sites for hydroxylation is 4. The summed E-state index contributed by atoms with van der Waals surface area (Å²) in [5, 5.41) is 29.0. The highest BCUT2D eigenvalue weighted by atomic mass is 16.5. The average Bonchev–Trinajstić information content (AvgIpc) is 3.79. The van der Waals surface area contributed by atoms with Crippen LogP contribution in [0.2, 0.25) is 0 Å². The maximum atomic E-state index is 12.2. The largest absolute Gasteiger partial charge is 0.505 e. The molecule has 2 aromatic heterocycles. The first kappa shape index (κ1) is 39.7. The van der Waals surface area contributed by atoms with E-state index in [9.17, 15) is 10.2 Å². The molecule has 10 aromatic rings. The predicted octanol–water partition coefficient (Wildman–Crippen LogP) is 14.5. The molecule has 0 unspecified atom stereocenters. The average molecular weight is 827 g/mol. The highest BCUT2D eigenvalue weighted by Crippen LogP contribution is 2.46. The Bertz CT molecular complexity index is 3060. The van der Waals surface area contributed by atoms with E-state index in [1.807, 2.05) is 60.7 Å². The summed E-state index contributed by atoms with van der Waals surface area (Å²) < 4.78 is 17.9. The van der Waals surface area contributed by atoms with Crippen LogP contribution in [0.5, 0.6) is 23.0 Å². The zero-order valence-corrected chi connectivity index (χ0v) is 36.5. The van der Waals surface area contributed by atoms with Crippen molar-refractivity contribution in [2.75, 3.05) is 0 Å². The number of phenolic OH excluding ortho intramolecular Hbond substituents is 2. The van der Waals surface area contributed by atoms with Crippen LogP contribution in [0, 0.1) is 27.7 Å². The summed E-state index contributed by atoms with van der Waals surface area (Å²) in [6, 6.07) is 53.8. The number of rotatable bonds is 10. The molecule has 0 saturated heterocycles. The van der Waals surface area contributed by atoms with Gasteiger partial charge in [0.2, 0.25) is 0 Å². The summed E-state index contributed by atoms with van der Waals surface area (Å²) in [6.07, 6.45) is 0.0983. The fourth-order valence-electron chi connectivity index (χ4n) is 9.55. The molecular formula is C57H50N2O4. The molecule has 0 fully saturated rings. The summed E-state index contributed by atoms with van der Waals surface area (Å²) in [7, 11) is 0. The van der Waals surface area contributed by atoms with E-state index in [1.165, 1.54) is 0 Å². The van der Waals surface area contributed by atoms with Gasteiger partial charge in [-0.2, -0.15) is 0 Å². The number of aromatic hydroxyl groups is 2. The molecule has 0 saturated carbocycles. The minimum Gasteiger partial charge on any atom is -0.505 e. The fraction of sp³-hybridized carbons (Fsp3) is 0.158. The lowest BCUT2D eigenvalue weighted by molar-refractivity contribution is 0.131. The van der Waals surface area contributed by atoms with Crippen molar-refractivity contribution in [1.29, 1.82) is 0 Å². The Morgan fingerprint density at radius 2 is 0.714 bits per heavy atom. The maximum absolute atomic E-state index is 12.2. The molecule has 0 spiro atoms. The Hall–Kier alpha value is -7.44. The molecule has 0 aliphatic rings. The first-order valence-corrected chi connectivity index (χ1v) is 21.7. The summed E-state index contributed by atoms with van der Waals surface area (Å²) in [4.78, 5) is 0. The van der Waals surface area contributed by atoms with E-state index in [0.29, 0.717) is 29.0 Å². The molecule has 0 radical (unpaired) electrons. The van der Waals surface area contributed by atoms with Crippen molar-refractivity contribution in [1.82, 2.24) is 9.13 Å². The summed E-state index contributed by atoms with van der Waals surface area (Å²) >= 11 is 0. The van der Waals surface area contributed by atoms with Gasteiger partial charge in [0.15, 0.2) is 0 Å². The number of para-hydroxylation sites is 4. The van der Waals surface area contributed by atoms with E-state index in [0.717, 1.165) is 88.4 Å². The molecule has 8 aromatic carbocycles. The van der Waals surface area contributed by atoms with Crippen LogP contribution in [-0.4, -0.2) is 31.6 Å². The molecule has 0 aliphatic heterocycles. The topological polar surface area (TPSA) is 68.8 Å². The van der Waals surface area contributed by atoms with E-state index in [2.05, 4.69) is 148 Å². The second-order valence-electron chi connectivity index (χ2n) is 17.2. The van der Waals surface area contributed by atoms with Gasteiger partial charge in [-0.1, -0.05) is 96.1 Å². The van der Waals surface area contributed by atoms with E-state index >= 15 is 0 Å².